The van der Waals surface area contributed by atoms with Crippen molar-refractivity contribution in [3.05, 3.63) is 35.9 Å². The van der Waals surface area contributed by atoms with Gasteiger partial charge in [0.2, 0.25) is 0 Å². The van der Waals surface area contributed by atoms with Gasteiger partial charge in [0, 0.05) is 0 Å². The van der Waals surface area contributed by atoms with Gasteiger partial charge in [-0.2, -0.15) is 0 Å². The molecular formula is C10H10O2. The van der Waals surface area contributed by atoms with E-state index < -0.39 is 0 Å². The summed E-state index contributed by atoms with van der Waals surface area (Å²) in [5, 5.41) is 0. The number of hydrogen-bond donors (Lipinski definition) is 0. The smallest absolute Gasteiger partial charge is 0.161 e. The maximum Gasteiger partial charge on any atom is 0.161 e. The van der Waals surface area contributed by atoms with Gasteiger partial charge in [-0.1, -0.05) is 30.3 Å². The molecule has 12 heavy (non-hydrogen) atoms. The molecule has 2 atom stereocenters. The zero-order valence-electron chi connectivity index (χ0n) is 6.86. The molecule has 0 spiro atoms. The maximum absolute atomic E-state index is 10.9. The number of ether oxygens (including phenoxy) is 1. The summed E-state index contributed by atoms with van der Waals surface area (Å²) in [6.45, 7) is 1.56. The highest BCUT2D eigenvalue weighted by Gasteiger charge is 2.43. The number of Topliss-reactive ketones (excluding diaryl/α,β-unsaturated/α-hetero) is 1. The van der Waals surface area contributed by atoms with Crippen LogP contribution in [0.1, 0.15) is 18.6 Å². The van der Waals surface area contributed by atoms with E-state index in [0.29, 0.717) is 0 Å². The van der Waals surface area contributed by atoms with Crippen LogP contribution in [-0.4, -0.2) is 11.9 Å². The third-order valence-corrected chi connectivity index (χ3v) is 2.02. The molecule has 1 aliphatic heterocycles. The highest BCUT2D eigenvalue weighted by Crippen LogP contribution is 2.38. The van der Waals surface area contributed by atoms with Gasteiger partial charge < -0.3 is 4.74 Å². The third-order valence-electron chi connectivity index (χ3n) is 2.02. The summed E-state index contributed by atoms with van der Waals surface area (Å²) in [5.74, 6) is 0.115. The molecule has 2 heteroatoms. The molecule has 0 aromatic heterocycles. The number of hydrogen-bond acceptors (Lipinski definition) is 2. The summed E-state index contributed by atoms with van der Waals surface area (Å²) < 4.78 is 5.21. The molecule has 2 nitrogen and oxygen atoms in total. The average molecular weight is 162 g/mol. The molecule has 2 unspecified atom stereocenters. The van der Waals surface area contributed by atoms with Gasteiger partial charge in [0.15, 0.2) is 5.78 Å². The van der Waals surface area contributed by atoms with Crippen LogP contribution in [0.4, 0.5) is 0 Å². The molecule has 0 aliphatic carbocycles. The molecule has 0 radical (unpaired) electrons. The lowest BCUT2D eigenvalue weighted by atomic mass is 10.1. The first-order valence-corrected chi connectivity index (χ1v) is 4.00. The Morgan fingerprint density at radius 2 is 2.00 bits per heavy atom. The Bertz CT molecular complexity index is 292. The second-order valence-corrected chi connectivity index (χ2v) is 3.00. The van der Waals surface area contributed by atoms with Crippen LogP contribution in [-0.2, 0) is 9.53 Å². The molecule has 0 bridgehead atoms. The minimum absolute atomic E-state index is 0.0173. The standard InChI is InChI=1S/C10H10O2/c1-7(11)9-10(12-9)8-5-3-2-4-6-8/h2-6,9-10H,1H3. The second kappa shape index (κ2) is 2.72. The van der Waals surface area contributed by atoms with Gasteiger partial charge in [-0.25, -0.2) is 0 Å². The Labute approximate surface area is 71.2 Å². The third kappa shape index (κ3) is 1.25. The zero-order chi connectivity index (χ0) is 8.55. The van der Waals surface area contributed by atoms with Crippen molar-refractivity contribution in [3.63, 3.8) is 0 Å². The Kier molecular flexibility index (Phi) is 1.70. The molecule has 0 saturated carbocycles. The van der Waals surface area contributed by atoms with E-state index in [0.717, 1.165) is 5.56 Å². The van der Waals surface area contributed by atoms with Gasteiger partial charge in [-0.3, -0.25) is 4.79 Å². The SMILES string of the molecule is CC(=O)C1OC1c1ccccc1. The first-order chi connectivity index (χ1) is 5.79. The molecule has 1 fully saturated rings. The van der Waals surface area contributed by atoms with E-state index in [1.54, 1.807) is 6.92 Å². The number of rotatable bonds is 2. The van der Waals surface area contributed by atoms with E-state index in [-0.39, 0.29) is 18.0 Å². The fourth-order valence-corrected chi connectivity index (χ4v) is 1.32. The zero-order valence-corrected chi connectivity index (χ0v) is 6.86. The summed E-state index contributed by atoms with van der Waals surface area (Å²) in [6.07, 6.45) is -0.170. The molecular weight excluding hydrogens is 152 g/mol. The van der Waals surface area contributed by atoms with E-state index >= 15 is 0 Å². The van der Waals surface area contributed by atoms with Gasteiger partial charge in [-0.05, 0) is 12.5 Å². The van der Waals surface area contributed by atoms with Crippen LogP contribution >= 0.6 is 0 Å². The predicted octanol–water partition coefficient (Wildman–Crippen LogP) is 1.72. The number of epoxide rings is 1. The Hall–Kier alpha value is -1.15. The maximum atomic E-state index is 10.9. The molecule has 2 rings (SSSR count). The van der Waals surface area contributed by atoms with Crippen molar-refractivity contribution in [1.82, 2.24) is 0 Å². The lowest BCUT2D eigenvalue weighted by Crippen LogP contribution is -2.00. The van der Waals surface area contributed by atoms with Gasteiger partial charge in [0.1, 0.15) is 12.2 Å². The summed E-state index contributed by atoms with van der Waals surface area (Å²) in [7, 11) is 0. The van der Waals surface area contributed by atoms with Gasteiger partial charge in [0.25, 0.3) is 0 Å². The highest BCUT2D eigenvalue weighted by atomic mass is 16.6. The normalized spacial score (nSPS) is 26.8. The van der Waals surface area contributed by atoms with Crippen molar-refractivity contribution in [3.8, 4) is 0 Å². The molecule has 1 aromatic carbocycles. The molecule has 1 aliphatic rings. The van der Waals surface area contributed by atoms with E-state index in [9.17, 15) is 4.79 Å². The van der Waals surface area contributed by atoms with Crippen LogP contribution in [0.5, 0.6) is 0 Å². The van der Waals surface area contributed by atoms with E-state index in [1.807, 2.05) is 30.3 Å². The van der Waals surface area contributed by atoms with Crippen molar-refractivity contribution in [1.29, 1.82) is 0 Å². The van der Waals surface area contributed by atoms with E-state index in [2.05, 4.69) is 0 Å². The topological polar surface area (TPSA) is 29.6 Å². The van der Waals surface area contributed by atoms with Gasteiger partial charge in [-0.15, -0.1) is 0 Å². The fourth-order valence-electron chi connectivity index (χ4n) is 1.32. The fraction of sp³-hybridized carbons (Fsp3) is 0.300. The average Bonchev–Trinajstić information content (AvgIpc) is 2.84. The van der Waals surface area contributed by atoms with Crippen molar-refractivity contribution in [2.75, 3.05) is 0 Å². The summed E-state index contributed by atoms with van der Waals surface area (Å²) >= 11 is 0. The second-order valence-electron chi connectivity index (χ2n) is 3.00. The minimum atomic E-state index is -0.188. The lowest BCUT2D eigenvalue weighted by Gasteiger charge is -1.91. The van der Waals surface area contributed by atoms with Crippen molar-refractivity contribution in [2.24, 2.45) is 0 Å². The van der Waals surface area contributed by atoms with Crippen LogP contribution < -0.4 is 0 Å². The van der Waals surface area contributed by atoms with Crippen LogP contribution in [0.25, 0.3) is 0 Å². The summed E-state index contributed by atoms with van der Waals surface area (Å²) in [4.78, 5) is 10.9. The molecule has 62 valence electrons. The predicted molar refractivity (Wildman–Crippen MR) is 44.7 cm³/mol. The first kappa shape index (κ1) is 7.50. The molecule has 1 saturated heterocycles. The van der Waals surface area contributed by atoms with Crippen molar-refractivity contribution >= 4 is 5.78 Å². The van der Waals surface area contributed by atoms with E-state index in [4.69, 9.17) is 4.74 Å². The molecule has 1 heterocycles. The number of carbonyl (C=O) groups is 1. The first-order valence-electron chi connectivity index (χ1n) is 4.00. The van der Waals surface area contributed by atoms with Gasteiger partial charge in [0.05, 0.1) is 0 Å². The van der Waals surface area contributed by atoms with Crippen LogP contribution in [0.2, 0.25) is 0 Å². The lowest BCUT2D eigenvalue weighted by molar-refractivity contribution is -0.118. The van der Waals surface area contributed by atoms with Crippen LogP contribution in [0.3, 0.4) is 0 Å². The number of ketones is 1. The van der Waals surface area contributed by atoms with Crippen molar-refractivity contribution < 1.29 is 9.53 Å². The molecule has 0 amide bonds. The quantitative estimate of drug-likeness (QED) is 0.619. The molecule has 0 N–H and O–H groups in total. The van der Waals surface area contributed by atoms with Crippen molar-refractivity contribution in [2.45, 2.75) is 19.1 Å². The van der Waals surface area contributed by atoms with E-state index in [1.165, 1.54) is 0 Å². The Morgan fingerprint density at radius 3 is 2.50 bits per heavy atom. The largest absolute Gasteiger partial charge is 0.356 e. The number of carbonyl (C=O) groups excluding carboxylic acids is 1. The Morgan fingerprint density at radius 1 is 1.33 bits per heavy atom. The number of benzene rings is 1. The monoisotopic (exact) mass is 162 g/mol. The summed E-state index contributed by atoms with van der Waals surface area (Å²) in [6, 6.07) is 9.82. The van der Waals surface area contributed by atoms with Crippen LogP contribution in [0.15, 0.2) is 30.3 Å². The molecule has 1 aromatic rings. The Balaban J connectivity index is 2.11. The highest BCUT2D eigenvalue weighted by molar-refractivity contribution is 5.83. The summed E-state index contributed by atoms with van der Waals surface area (Å²) in [5.41, 5.74) is 1.10. The van der Waals surface area contributed by atoms with Crippen LogP contribution in [0, 0.1) is 0 Å². The van der Waals surface area contributed by atoms with Gasteiger partial charge >= 0.3 is 0 Å². The minimum Gasteiger partial charge on any atom is -0.356 e.